The highest BCUT2D eigenvalue weighted by Crippen LogP contribution is 2.24. The molecule has 0 radical (unpaired) electrons. The van der Waals surface area contributed by atoms with Gasteiger partial charge in [-0.25, -0.2) is 0 Å². The van der Waals surface area contributed by atoms with Crippen molar-refractivity contribution in [2.75, 3.05) is 19.8 Å². The Kier molecular flexibility index (Phi) is 6.51. The molecule has 4 heteroatoms. The SMILES string of the molecule is CC1(CCCC#CCCOC(=O)C(C)(C)C)OCCO1. The number of ether oxygens (including phenoxy) is 3. The Morgan fingerprint density at radius 3 is 2.40 bits per heavy atom. The van der Waals surface area contributed by atoms with E-state index in [1.54, 1.807) is 0 Å². The quantitative estimate of drug-likeness (QED) is 0.442. The van der Waals surface area contributed by atoms with Crippen LogP contribution in [0.3, 0.4) is 0 Å². The van der Waals surface area contributed by atoms with Crippen molar-refractivity contribution in [2.45, 2.75) is 59.2 Å². The van der Waals surface area contributed by atoms with E-state index in [1.165, 1.54) is 0 Å². The van der Waals surface area contributed by atoms with Crippen LogP contribution in [0.15, 0.2) is 0 Å². The summed E-state index contributed by atoms with van der Waals surface area (Å²) < 4.78 is 16.2. The molecule has 0 saturated carbocycles. The molecular weight excluding hydrogens is 256 g/mol. The van der Waals surface area contributed by atoms with Crippen molar-refractivity contribution in [3.63, 3.8) is 0 Å². The second kappa shape index (κ2) is 7.66. The Hall–Kier alpha value is -1.05. The van der Waals surface area contributed by atoms with Crippen LogP contribution in [0.25, 0.3) is 0 Å². The first-order chi connectivity index (χ1) is 9.33. The molecule has 0 aromatic heterocycles. The summed E-state index contributed by atoms with van der Waals surface area (Å²) in [6.45, 7) is 9.23. The van der Waals surface area contributed by atoms with Crippen LogP contribution >= 0.6 is 0 Å². The van der Waals surface area contributed by atoms with Gasteiger partial charge in [0.25, 0.3) is 0 Å². The van der Waals surface area contributed by atoms with E-state index in [0.717, 1.165) is 19.3 Å². The topological polar surface area (TPSA) is 44.8 Å². The van der Waals surface area contributed by atoms with E-state index in [4.69, 9.17) is 14.2 Å². The first kappa shape index (κ1) is 17.0. The molecule has 4 nitrogen and oxygen atoms in total. The zero-order valence-electron chi connectivity index (χ0n) is 13.1. The second-order valence-corrected chi connectivity index (χ2v) is 6.17. The molecule has 1 fully saturated rings. The normalized spacial score (nSPS) is 17.4. The maximum absolute atomic E-state index is 11.5. The molecule has 114 valence electrons. The van der Waals surface area contributed by atoms with Crippen LogP contribution in [-0.4, -0.2) is 31.6 Å². The van der Waals surface area contributed by atoms with Crippen LogP contribution in [-0.2, 0) is 19.0 Å². The average Bonchev–Trinajstić information content (AvgIpc) is 2.78. The number of carbonyl (C=O) groups excluding carboxylic acids is 1. The van der Waals surface area contributed by atoms with Crippen LogP contribution in [0.2, 0.25) is 0 Å². The van der Waals surface area contributed by atoms with Crippen LogP contribution in [0.1, 0.15) is 53.4 Å². The van der Waals surface area contributed by atoms with Gasteiger partial charge in [0.05, 0.1) is 18.6 Å². The van der Waals surface area contributed by atoms with Crippen molar-refractivity contribution in [2.24, 2.45) is 5.41 Å². The molecule has 1 heterocycles. The van der Waals surface area contributed by atoms with Crippen molar-refractivity contribution in [1.82, 2.24) is 0 Å². The lowest BCUT2D eigenvalue weighted by atomic mass is 9.97. The lowest BCUT2D eigenvalue weighted by Gasteiger charge is -2.21. The third-order valence-electron chi connectivity index (χ3n) is 3.03. The standard InChI is InChI=1S/C16H26O4/c1-15(2,3)14(17)18-11-9-7-5-6-8-10-16(4)19-12-13-20-16/h6,8-13H2,1-4H3. The van der Waals surface area contributed by atoms with E-state index >= 15 is 0 Å². The molecule has 0 aliphatic carbocycles. The van der Waals surface area contributed by atoms with Gasteiger partial charge in [-0.1, -0.05) is 5.92 Å². The van der Waals surface area contributed by atoms with E-state index < -0.39 is 11.2 Å². The summed E-state index contributed by atoms with van der Waals surface area (Å²) in [5.41, 5.74) is -0.440. The van der Waals surface area contributed by atoms with Crippen molar-refractivity contribution >= 4 is 5.97 Å². The first-order valence-corrected chi connectivity index (χ1v) is 7.24. The molecule has 1 aliphatic heterocycles. The molecule has 0 spiro atoms. The Balaban J connectivity index is 2.05. The Morgan fingerprint density at radius 1 is 1.20 bits per heavy atom. The van der Waals surface area contributed by atoms with Crippen LogP contribution in [0, 0.1) is 17.3 Å². The molecule has 0 N–H and O–H groups in total. The molecule has 0 amide bonds. The first-order valence-electron chi connectivity index (χ1n) is 7.24. The minimum atomic E-state index is -0.440. The van der Waals surface area contributed by atoms with Gasteiger partial charge in [-0.2, -0.15) is 0 Å². The highest BCUT2D eigenvalue weighted by atomic mass is 16.7. The zero-order chi connectivity index (χ0) is 15.1. The fourth-order valence-electron chi connectivity index (χ4n) is 1.79. The van der Waals surface area contributed by atoms with Gasteiger partial charge in [0, 0.05) is 19.3 Å². The summed E-state index contributed by atoms with van der Waals surface area (Å²) in [7, 11) is 0. The van der Waals surface area contributed by atoms with Crippen molar-refractivity contribution < 1.29 is 19.0 Å². The van der Waals surface area contributed by atoms with Gasteiger partial charge in [-0.05, 0) is 34.1 Å². The summed E-state index contributed by atoms with van der Waals surface area (Å²) in [6.07, 6.45) is 3.22. The summed E-state index contributed by atoms with van der Waals surface area (Å²) in [4.78, 5) is 11.5. The van der Waals surface area contributed by atoms with Gasteiger partial charge < -0.3 is 14.2 Å². The smallest absolute Gasteiger partial charge is 0.311 e. The third-order valence-corrected chi connectivity index (χ3v) is 3.03. The van der Waals surface area contributed by atoms with E-state index in [-0.39, 0.29) is 5.97 Å². The summed E-state index contributed by atoms with van der Waals surface area (Å²) in [6, 6.07) is 0. The molecule has 0 aromatic carbocycles. The highest BCUT2D eigenvalue weighted by molar-refractivity contribution is 5.75. The molecule has 20 heavy (non-hydrogen) atoms. The monoisotopic (exact) mass is 282 g/mol. The minimum Gasteiger partial charge on any atom is -0.464 e. The predicted octanol–water partition coefficient (Wildman–Crippen LogP) is 2.90. The largest absolute Gasteiger partial charge is 0.464 e. The minimum absolute atomic E-state index is 0.178. The Morgan fingerprint density at radius 2 is 1.80 bits per heavy atom. The van der Waals surface area contributed by atoms with Gasteiger partial charge in [-0.3, -0.25) is 4.79 Å². The van der Waals surface area contributed by atoms with Crippen molar-refractivity contribution in [3.8, 4) is 11.8 Å². The Labute approximate surface area is 122 Å². The van der Waals surface area contributed by atoms with Crippen molar-refractivity contribution in [3.05, 3.63) is 0 Å². The van der Waals surface area contributed by atoms with Gasteiger partial charge in [0.2, 0.25) is 0 Å². The maximum atomic E-state index is 11.5. The summed E-state index contributed by atoms with van der Waals surface area (Å²) in [5, 5.41) is 0. The summed E-state index contributed by atoms with van der Waals surface area (Å²) in [5.74, 6) is 5.52. The average molecular weight is 282 g/mol. The number of hydrogen-bond donors (Lipinski definition) is 0. The van der Waals surface area contributed by atoms with E-state index in [1.807, 2.05) is 27.7 Å². The van der Waals surface area contributed by atoms with Gasteiger partial charge in [0.15, 0.2) is 5.79 Å². The second-order valence-electron chi connectivity index (χ2n) is 6.17. The number of rotatable bonds is 5. The van der Waals surface area contributed by atoms with E-state index in [0.29, 0.717) is 26.2 Å². The number of hydrogen-bond acceptors (Lipinski definition) is 4. The predicted molar refractivity (Wildman–Crippen MR) is 77.0 cm³/mol. The fourth-order valence-corrected chi connectivity index (χ4v) is 1.79. The third kappa shape index (κ3) is 6.40. The van der Waals surface area contributed by atoms with Gasteiger partial charge >= 0.3 is 5.97 Å². The van der Waals surface area contributed by atoms with Gasteiger partial charge in [-0.15, -0.1) is 5.92 Å². The molecule has 0 atom stereocenters. The fraction of sp³-hybridized carbons (Fsp3) is 0.812. The van der Waals surface area contributed by atoms with E-state index in [9.17, 15) is 4.79 Å². The molecule has 0 unspecified atom stereocenters. The lowest BCUT2D eigenvalue weighted by molar-refractivity contribution is -0.152. The Bertz CT molecular complexity index is 364. The maximum Gasteiger partial charge on any atom is 0.311 e. The molecular formula is C16H26O4. The van der Waals surface area contributed by atoms with E-state index in [2.05, 4.69) is 11.8 Å². The van der Waals surface area contributed by atoms with Crippen molar-refractivity contribution in [1.29, 1.82) is 0 Å². The molecule has 1 rings (SSSR count). The number of esters is 1. The number of carbonyl (C=O) groups is 1. The number of unbranched alkanes of at least 4 members (excludes halogenated alkanes) is 1. The molecule has 1 aliphatic rings. The zero-order valence-corrected chi connectivity index (χ0v) is 13.1. The molecule has 0 aromatic rings. The molecule has 0 bridgehead atoms. The van der Waals surface area contributed by atoms with Crippen LogP contribution in [0.4, 0.5) is 0 Å². The van der Waals surface area contributed by atoms with Gasteiger partial charge in [0.1, 0.15) is 6.61 Å². The van der Waals surface area contributed by atoms with Crippen LogP contribution < -0.4 is 0 Å². The van der Waals surface area contributed by atoms with Crippen LogP contribution in [0.5, 0.6) is 0 Å². The summed E-state index contributed by atoms with van der Waals surface area (Å²) >= 11 is 0. The lowest BCUT2D eigenvalue weighted by Crippen LogP contribution is -2.24. The molecule has 1 saturated heterocycles. The highest BCUT2D eigenvalue weighted by Gasteiger charge is 2.29.